The van der Waals surface area contributed by atoms with E-state index in [0.717, 1.165) is 25.6 Å². The summed E-state index contributed by atoms with van der Waals surface area (Å²) in [5.41, 5.74) is 0. The molecular weight excluding hydrogens is 200 g/mol. The topological polar surface area (TPSA) is 63.0 Å². The Morgan fingerprint density at radius 1 is 1.25 bits per heavy atom. The summed E-state index contributed by atoms with van der Waals surface area (Å²) in [5, 5.41) is 18.4. The summed E-state index contributed by atoms with van der Waals surface area (Å²) in [5.74, 6) is 0.533. The van der Waals surface area contributed by atoms with Crippen LogP contribution in [0.15, 0.2) is 12.2 Å². The van der Waals surface area contributed by atoms with E-state index in [1.807, 2.05) is 0 Å². The van der Waals surface area contributed by atoms with Crippen molar-refractivity contribution in [1.82, 2.24) is 10.2 Å². The van der Waals surface area contributed by atoms with Gasteiger partial charge >= 0.3 is 0 Å². The normalized spacial score (nSPS) is 26.0. The minimum atomic E-state index is 0.533. The monoisotopic (exact) mass is 220 g/mol. The van der Waals surface area contributed by atoms with Crippen LogP contribution in [0.3, 0.4) is 0 Å². The van der Waals surface area contributed by atoms with Gasteiger partial charge in [0.25, 0.3) is 0 Å². The zero-order chi connectivity index (χ0) is 11.4. The number of hydrogen-bond donors (Lipinski definition) is 3. The summed E-state index contributed by atoms with van der Waals surface area (Å²) < 4.78 is 0. The van der Waals surface area contributed by atoms with Crippen molar-refractivity contribution in [3.05, 3.63) is 12.2 Å². The molecule has 16 heavy (non-hydrogen) atoms. The molecule has 0 bridgehead atoms. The lowest BCUT2D eigenvalue weighted by Crippen LogP contribution is -2.48. The molecule has 2 rings (SSSR count). The Morgan fingerprint density at radius 3 is 2.75 bits per heavy atom. The fourth-order valence-electron chi connectivity index (χ4n) is 2.16. The van der Waals surface area contributed by atoms with E-state index in [9.17, 15) is 0 Å². The Morgan fingerprint density at radius 2 is 2.06 bits per heavy atom. The summed E-state index contributed by atoms with van der Waals surface area (Å²) >= 11 is 0. The van der Waals surface area contributed by atoms with E-state index in [4.69, 9.17) is 10.8 Å². The molecule has 1 saturated carbocycles. The molecule has 2 fully saturated rings. The van der Waals surface area contributed by atoms with Gasteiger partial charge in [0, 0.05) is 31.4 Å². The molecule has 0 aromatic heterocycles. The van der Waals surface area contributed by atoms with Gasteiger partial charge in [-0.2, -0.15) is 0 Å². The molecule has 1 atom stereocenters. The number of piperidine rings is 1. The lowest BCUT2D eigenvalue weighted by Gasteiger charge is -2.34. The zero-order valence-electron chi connectivity index (χ0n) is 9.58. The Balaban J connectivity index is 1.82. The summed E-state index contributed by atoms with van der Waals surface area (Å²) in [6.45, 7) is 1.92. The van der Waals surface area contributed by atoms with Crippen molar-refractivity contribution < 1.29 is 0 Å². The largest absolute Gasteiger partial charge is 0.356 e. The van der Waals surface area contributed by atoms with E-state index < -0.39 is 0 Å². The van der Waals surface area contributed by atoms with Gasteiger partial charge in [-0.15, -0.1) is 0 Å². The Bertz CT molecular complexity index is 293. The second kappa shape index (κ2) is 5.25. The van der Waals surface area contributed by atoms with E-state index in [1.54, 1.807) is 12.2 Å². The Hall–Kier alpha value is -1.16. The maximum absolute atomic E-state index is 7.88. The number of nitrogens with one attached hydrogen (secondary N) is 3. The van der Waals surface area contributed by atoms with Gasteiger partial charge in [-0.25, -0.2) is 0 Å². The number of rotatable bonds is 4. The Labute approximate surface area is 96.7 Å². The van der Waals surface area contributed by atoms with Gasteiger partial charge in [0.05, 0.1) is 0 Å². The molecular formula is C12H20N4. The van der Waals surface area contributed by atoms with Crippen LogP contribution >= 0.6 is 0 Å². The molecule has 0 amide bonds. The van der Waals surface area contributed by atoms with E-state index in [1.165, 1.54) is 25.5 Å². The van der Waals surface area contributed by atoms with E-state index >= 15 is 0 Å². The van der Waals surface area contributed by atoms with Gasteiger partial charge in [-0.05, 0) is 37.8 Å². The molecule has 0 aromatic rings. The van der Waals surface area contributed by atoms with Crippen LogP contribution in [0.4, 0.5) is 0 Å². The molecule has 0 unspecified atom stereocenters. The van der Waals surface area contributed by atoms with Gasteiger partial charge in [-0.1, -0.05) is 0 Å². The van der Waals surface area contributed by atoms with E-state index in [-0.39, 0.29) is 0 Å². The minimum Gasteiger partial charge on any atom is -0.356 e. The first-order chi connectivity index (χ1) is 7.79. The van der Waals surface area contributed by atoms with Crippen LogP contribution in [-0.4, -0.2) is 42.1 Å². The molecule has 88 valence electrons. The van der Waals surface area contributed by atoms with Gasteiger partial charge < -0.3 is 15.6 Å². The highest BCUT2D eigenvalue weighted by Gasteiger charge is 2.27. The third kappa shape index (κ3) is 3.17. The maximum atomic E-state index is 7.88. The summed E-state index contributed by atoms with van der Waals surface area (Å²) in [7, 11) is 0. The third-order valence-electron chi connectivity index (χ3n) is 3.16. The Kier molecular flexibility index (Phi) is 3.72. The molecule has 3 N–H and O–H groups in total. The maximum Gasteiger partial charge on any atom is 0.120 e. The fourth-order valence-corrected chi connectivity index (χ4v) is 2.16. The first-order valence-corrected chi connectivity index (χ1v) is 6.06. The molecule has 1 aliphatic carbocycles. The lowest BCUT2D eigenvalue weighted by molar-refractivity contribution is 0.274. The lowest BCUT2D eigenvalue weighted by atomic mass is 10.1. The first kappa shape index (κ1) is 11.3. The molecule has 0 spiro atoms. The second-order valence-corrected chi connectivity index (χ2v) is 4.64. The average molecular weight is 220 g/mol. The van der Waals surface area contributed by atoms with Gasteiger partial charge in [-0.3, -0.25) is 5.41 Å². The third-order valence-corrected chi connectivity index (χ3v) is 3.16. The molecule has 1 heterocycles. The summed E-state index contributed by atoms with van der Waals surface area (Å²) in [6, 6.07) is 1.30. The van der Waals surface area contributed by atoms with Crippen molar-refractivity contribution in [3.8, 4) is 0 Å². The molecule has 4 nitrogen and oxygen atoms in total. The van der Waals surface area contributed by atoms with Crippen molar-refractivity contribution in [2.75, 3.05) is 13.1 Å². The van der Waals surface area contributed by atoms with Crippen LogP contribution in [0.5, 0.6) is 0 Å². The van der Waals surface area contributed by atoms with Crippen LogP contribution in [0.1, 0.15) is 25.7 Å². The smallest absolute Gasteiger partial charge is 0.120 e. The van der Waals surface area contributed by atoms with E-state index in [2.05, 4.69) is 10.2 Å². The molecule has 2 aliphatic rings. The quantitative estimate of drug-likeness (QED) is 0.495. The molecule has 4 heteroatoms. The predicted octanol–water partition coefficient (Wildman–Crippen LogP) is 1.39. The van der Waals surface area contributed by atoms with Crippen LogP contribution < -0.4 is 5.32 Å². The van der Waals surface area contributed by atoms with Gasteiger partial charge in [0.2, 0.25) is 0 Å². The van der Waals surface area contributed by atoms with Crippen molar-refractivity contribution in [3.63, 3.8) is 0 Å². The minimum absolute atomic E-state index is 0.533. The van der Waals surface area contributed by atoms with Crippen LogP contribution in [0.2, 0.25) is 0 Å². The summed E-state index contributed by atoms with van der Waals surface area (Å²) in [4.78, 5) is 2.10. The van der Waals surface area contributed by atoms with Crippen molar-refractivity contribution in [2.45, 2.75) is 37.8 Å². The van der Waals surface area contributed by atoms with Crippen molar-refractivity contribution >= 4 is 12.1 Å². The summed E-state index contributed by atoms with van der Waals surface area (Å²) in [6.07, 6.45) is 9.56. The van der Waals surface area contributed by atoms with Crippen LogP contribution in [0.25, 0.3) is 0 Å². The fraction of sp³-hybridized carbons (Fsp3) is 0.667. The number of likely N-dealkylation sites (tertiary alicyclic amines) is 1. The van der Waals surface area contributed by atoms with E-state index in [0.29, 0.717) is 11.9 Å². The zero-order valence-corrected chi connectivity index (χ0v) is 9.58. The first-order valence-electron chi connectivity index (χ1n) is 6.06. The van der Waals surface area contributed by atoms with Gasteiger partial charge in [0.15, 0.2) is 0 Å². The second-order valence-electron chi connectivity index (χ2n) is 4.64. The SMILES string of the molecule is N=C/C=C\C(=N)N1CCC[C@@H](NC2CC2)C1. The van der Waals surface area contributed by atoms with Crippen molar-refractivity contribution in [2.24, 2.45) is 0 Å². The molecule has 1 aliphatic heterocycles. The number of nitrogens with zero attached hydrogens (tertiary/aromatic N) is 1. The highest BCUT2D eigenvalue weighted by molar-refractivity contribution is 5.93. The highest BCUT2D eigenvalue weighted by Crippen LogP contribution is 2.22. The van der Waals surface area contributed by atoms with Gasteiger partial charge in [0.1, 0.15) is 5.84 Å². The molecule has 1 saturated heterocycles. The molecule has 0 radical (unpaired) electrons. The van der Waals surface area contributed by atoms with Crippen LogP contribution in [0, 0.1) is 10.8 Å². The predicted molar refractivity (Wildman–Crippen MR) is 66.4 cm³/mol. The highest BCUT2D eigenvalue weighted by atomic mass is 15.2. The number of allylic oxidation sites excluding steroid dienone is 1. The average Bonchev–Trinajstić information content (AvgIpc) is 3.10. The number of amidine groups is 1. The molecule has 0 aromatic carbocycles. The standard InChI is InChI=1S/C12H20N4/c13-7-1-4-12(14)16-8-2-3-11(9-16)15-10-5-6-10/h1,4,7,10-11,13-15H,2-3,5-6,8-9H2/b4-1-,13-7?,14-12?/t11-/m1/s1. The number of hydrogen-bond acceptors (Lipinski definition) is 3. The van der Waals surface area contributed by atoms with Crippen LogP contribution in [-0.2, 0) is 0 Å². The van der Waals surface area contributed by atoms with Crippen molar-refractivity contribution in [1.29, 1.82) is 10.8 Å².